The highest BCUT2D eigenvalue weighted by molar-refractivity contribution is 6.27. The largest absolute Gasteiger partial charge is 0.483 e. The van der Waals surface area contributed by atoms with Crippen LogP contribution in [0, 0.1) is 0 Å². The Bertz CT molecular complexity index is 539. The summed E-state index contributed by atoms with van der Waals surface area (Å²) in [6, 6.07) is 19.6. The van der Waals surface area contributed by atoms with Crippen molar-refractivity contribution in [1.82, 2.24) is 0 Å². The van der Waals surface area contributed by atoms with Crippen molar-refractivity contribution in [3.05, 3.63) is 71.8 Å². The monoisotopic (exact) mass is 303 g/mol. The minimum atomic E-state index is -0.969. The zero-order valence-corrected chi connectivity index (χ0v) is 12.9. The van der Waals surface area contributed by atoms with E-state index in [0.29, 0.717) is 5.90 Å². The summed E-state index contributed by atoms with van der Waals surface area (Å²) >= 11 is 5.89. The first-order chi connectivity index (χ1) is 10.3. The predicted octanol–water partition coefficient (Wildman–Crippen LogP) is 3.82. The molecule has 0 unspecified atom stereocenters. The molecule has 0 radical (unpaired) electrons. The molecule has 2 rings (SSSR count). The lowest BCUT2D eigenvalue weighted by Crippen LogP contribution is -2.30. The summed E-state index contributed by atoms with van der Waals surface area (Å²) in [5.74, 6) is 0.604. The molecule has 2 aromatic rings. The number of halogens is 1. The normalized spacial score (nSPS) is 12.2. The molecule has 0 aliphatic rings. The molecule has 0 aromatic heterocycles. The zero-order chi connectivity index (χ0) is 15.1. The van der Waals surface area contributed by atoms with Crippen LogP contribution in [0.2, 0.25) is 0 Å². The average molecular weight is 304 g/mol. The molecule has 21 heavy (non-hydrogen) atoms. The molecule has 2 aromatic carbocycles. The van der Waals surface area contributed by atoms with Crippen LogP contribution >= 0.6 is 11.6 Å². The maximum atomic E-state index is 5.89. The van der Waals surface area contributed by atoms with Crippen molar-refractivity contribution in [3.63, 3.8) is 0 Å². The van der Waals surface area contributed by atoms with Crippen LogP contribution in [0.1, 0.15) is 11.1 Å². The van der Waals surface area contributed by atoms with E-state index in [1.54, 1.807) is 14.2 Å². The van der Waals surface area contributed by atoms with E-state index in [4.69, 9.17) is 21.1 Å². The van der Waals surface area contributed by atoms with Gasteiger partial charge in [-0.25, -0.2) is 4.99 Å². The van der Waals surface area contributed by atoms with Gasteiger partial charge in [0.2, 0.25) is 11.6 Å². The van der Waals surface area contributed by atoms with Crippen LogP contribution < -0.4 is 0 Å². The Balaban J connectivity index is 2.65. The summed E-state index contributed by atoms with van der Waals surface area (Å²) in [6.07, 6.45) is 0. The number of ether oxygens (including phenoxy) is 2. The van der Waals surface area contributed by atoms with Crippen LogP contribution in [0.4, 0.5) is 0 Å². The number of methoxy groups -OCH3 is 2. The third kappa shape index (κ3) is 3.26. The smallest absolute Gasteiger partial charge is 0.214 e. The number of rotatable bonds is 5. The van der Waals surface area contributed by atoms with Crippen LogP contribution in [0.3, 0.4) is 0 Å². The Morgan fingerprint density at radius 2 is 1.43 bits per heavy atom. The fourth-order valence-corrected chi connectivity index (χ4v) is 2.38. The molecule has 0 N–H and O–H groups in total. The molecule has 0 atom stereocenters. The van der Waals surface area contributed by atoms with Crippen molar-refractivity contribution < 1.29 is 9.47 Å². The highest BCUT2D eigenvalue weighted by atomic mass is 35.5. The van der Waals surface area contributed by atoms with Gasteiger partial charge < -0.3 is 9.47 Å². The van der Waals surface area contributed by atoms with Crippen molar-refractivity contribution >= 4 is 17.5 Å². The van der Waals surface area contributed by atoms with E-state index in [2.05, 4.69) is 4.99 Å². The van der Waals surface area contributed by atoms with Crippen LogP contribution in [0.5, 0.6) is 0 Å². The summed E-state index contributed by atoms with van der Waals surface area (Å²) in [6.45, 7) is 0. The first-order valence-electron chi connectivity index (χ1n) is 6.61. The molecule has 0 saturated carbocycles. The second-order valence-corrected chi connectivity index (χ2v) is 4.69. The van der Waals surface area contributed by atoms with E-state index in [1.165, 1.54) is 0 Å². The lowest BCUT2D eigenvalue weighted by Gasteiger charge is -2.30. The van der Waals surface area contributed by atoms with Crippen molar-refractivity contribution in [2.45, 2.75) is 5.72 Å². The van der Waals surface area contributed by atoms with Crippen molar-refractivity contribution in [2.24, 2.45) is 4.99 Å². The van der Waals surface area contributed by atoms with Crippen LogP contribution in [0.15, 0.2) is 65.7 Å². The van der Waals surface area contributed by atoms with Gasteiger partial charge in [0.05, 0.1) is 13.0 Å². The summed E-state index contributed by atoms with van der Waals surface area (Å²) in [5.41, 5.74) is 0.861. The van der Waals surface area contributed by atoms with E-state index in [0.717, 1.165) is 11.1 Å². The Labute approximate surface area is 130 Å². The van der Waals surface area contributed by atoms with Gasteiger partial charge in [0.1, 0.15) is 0 Å². The van der Waals surface area contributed by atoms with Crippen molar-refractivity contribution in [1.29, 1.82) is 0 Å². The average Bonchev–Trinajstić information content (AvgIpc) is 2.58. The molecular formula is C17H18ClNO2. The molecule has 110 valence electrons. The third-order valence-electron chi connectivity index (χ3n) is 3.26. The summed E-state index contributed by atoms with van der Waals surface area (Å²) < 4.78 is 11.1. The lowest BCUT2D eigenvalue weighted by molar-refractivity contribution is 0.0281. The van der Waals surface area contributed by atoms with Crippen LogP contribution in [-0.4, -0.2) is 26.0 Å². The maximum Gasteiger partial charge on any atom is 0.214 e. The quantitative estimate of drug-likeness (QED) is 0.477. The fourth-order valence-electron chi connectivity index (χ4n) is 2.21. The van der Waals surface area contributed by atoms with Gasteiger partial charge in [0.25, 0.3) is 0 Å². The molecule has 0 heterocycles. The predicted molar refractivity (Wildman–Crippen MR) is 85.8 cm³/mol. The van der Waals surface area contributed by atoms with E-state index in [-0.39, 0.29) is 5.88 Å². The highest BCUT2D eigenvalue weighted by Crippen LogP contribution is 2.35. The van der Waals surface area contributed by atoms with Gasteiger partial charge in [0.15, 0.2) is 0 Å². The Morgan fingerprint density at radius 1 is 0.952 bits per heavy atom. The number of nitrogens with zero attached hydrogens (tertiary/aromatic N) is 1. The molecule has 0 amide bonds. The number of alkyl halides is 1. The minimum Gasteiger partial charge on any atom is -0.483 e. The van der Waals surface area contributed by atoms with Crippen molar-refractivity contribution in [2.75, 3.05) is 20.1 Å². The van der Waals surface area contributed by atoms with Gasteiger partial charge in [0, 0.05) is 18.2 Å². The molecule has 0 saturated heterocycles. The molecule has 0 aliphatic heterocycles. The Hall–Kier alpha value is -1.84. The molecule has 0 aliphatic carbocycles. The van der Waals surface area contributed by atoms with Crippen molar-refractivity contribution in [3.8, 4) is 0 Å². The Morgan fingerprint density at radius 3 is 1.76 bits per heavy atom. The van der Waals surface area contributed by atoms with Crippen LogP contribution in [0.25, 0.3) is 0 Å². The summed E-state index contributed by atoms with van der Waals surface area (Å²) in [5, 5.41) is 0. The number of hydrogen-bond donors (Lipinski definition) is 0. The van der Waals surface area contributed by atoms with Crippen LogP contribution in [-0.2, 0) is 15.2 Å². The second kappa shape index (κ2) is 7.25. The van der Waals surface area contributed by atoms with Gasteiger partial charge in [-0.15, -0.1) is 11.6 Å². The number of aliphatic imine (C=N–C) groups is 1. The number of benzene rings is 2. The van der Waals surface area contributed by atoms with E-state index >= 15 is 0 Å². The van der Waals surface area contributed by atoms with E-state index in [9.17, 15) is 0 Å². The zero-order valence-electron chi connectivity index (χ0n) is 12.1. The minimum absolute atomic E-state index is 0.182. The van der Waals surface area contributed by atoms with Gasteiger partial charge in [-0.1, -0.05) is 60.7 Å². The molecule has 3 nitrogen and oxygen atoms in total. The topological polar surface area (TPSA) is 30.8 Å². The first kappa shape index (κ1) is 15.5. The van der Waals surface area contributed by atoms with E-state index < -0.39 is 5.72 Å². The SMILES string of the molecule is CO/C(CCl)=N\C(OC)(c1ccccc1)c1ccccc1. The summed E-state index contributed by atoms with van der Waals surface area (Å²) in [4.78, 5) is 4.64. The van der Waals surface area contributed by atoms with Gasteiger partial charge in [-0.3, -0.25) is 0 Å². The first-order valence-corrected chi connectivity index (χ1v) is 7.15. The molecule has 4 heteroatoms. The standard InChI is InChI=1S/C17H18ClNO2/c1-20-16(13-18)19-17(21-2,14-9-5-3-6-10-14)15-11-7-4-8-12-15/h3-12H,13H2,1-2H3/b19-16-. The van der Waals surface area contributed by atoms with Gasteiger partial charge in [-0.05, 0) is 0 Å². The molecule has 0 spiro atoms. The van der Waals surface area contributed by atoms with E-state index in [1.807, 2.05) is 60.7 Å². The molecule has 0 bridgehead atoms. The number of hydrogen-bond acceptors (Lipinski definition) is 3. The molecule has 0 fully saturated rings. The highest BCUT2D eigenvalue weighted by Gasteiger charge is 2.34. The maximum absolute atomic E-state index is 5.89. The Kier molecular flexibility index (Phi) is 5.37. The van der Waals surface area contributed by atoms with Gasteiger partial charge >= 0.3 is 0 Å². The van der Waals surface area contributed by atoms with Gasteiger partial charge in [-0.2, -0.15) is 0 Å². The lowest BCUT2D eigenvalue weighted by atomic mass is 9.94. The fraction of sp³-hybridized carbons (Fsp3) is 0.235. The summed E-state index contributed by atoms with van der Waals surface area (Å²) in [7, 11) is 3.18. The second-order valence-electron chi connectivity index (χ2n) is 4.42. The molecular weight excluding hydrogens is 286 g/mol. The third-order valence-corrected chi connectivity index (χ3v) is 3.49.